The molecule has 0 unspecified atom stereocenters. The molecule has 2 aromatic carbocycles. The van der Waals surface area contributed by atoms with Crippen LogP contribution in [0.5, 0.6) is 5.75 Å². The molecule has 0 aliphatic carbocycles. The Bertz CT molecular complexity index is 854. The maximum absolute atomic E-state index is 5.33. The van der Waals surface area contributed by atoms with Gasteiger partial charge >= 0.3 is 0 Å². The fraction of sp³-hybridized carbons (Fsp3) is 0.318. The van der Waals surface area contributed by atoms with E-state index in [2.05, 4.69) is 50.1 Å². The molecule has 1 fully saturated rings. The Balaban J connectivity index is 1.29. The predicted octanol–water partition coefficient (Wildman–Crippen LogP) is 3.40. The van der Waals surface area contributed by atoms with Gasteiger partial charge in [0.15, 0.2) is 0 Å². The molecule has 1 N–H and O–H groups in total. The topological polar surface area (TPSA) is 44.4 Å². The Morgan fingerprint density at radius 3 is 2.41 bits per heavy atom. The van der Waals surface area contributed by atoms with Crippen molar-refractivity contribution < 1.29 is 4.74 Å². The third-order valence-corrected chi connectivity index (χ3v) is 5.07. The largest absolute Gasteiger partial charge is 0.497 e. The molecule has 140 valence electrons. The molecule has 0 amide bonds. The van der Waals surface area contributed by atoms with Crippen LogP contribution in [-0.4, -0.2) is 53.1 Å². The number of aromatic amines is 1. The average molecular weight is 362 g/mol. The fourth-order valence-electron chi connectivity index (χ4n) is 3.56. The summed E-state index contributed by atoms with van der Waals surface area (Å²) in [6.45, 7) is 6.21. The summed E-state index contributed by atoms with van der Waals surface area (Å²) in [5.74, 6) is 1.88. The van der Waals surface area contributed by atoms with E-state index in [0.29, 0.717) is 0 Å². The molecule has 4 rings (SSSR count). The normalized spacial score (nSPS) is 15.7. The Kier molecular flexibility index (Phi) is 5.51. The zero-order valence-electron chi connectivity index (χ0n) is 15.8. The molecular weight excluding hydrogens is 336 g/mol. The number of hydrogen-bond donors (Lipinski definition) is 1. The summed E-state index contributed by atoms with van der Waals surface area (Å²) in [4.78, 5) is 13.0. The Labute approximate surface area is 160 Å². The first-order valence-electron chi connectivity index (χ1n) is 9.47. The van der Waals surface area contributed by atoms with Crippen LogP contribution in [0.15, 0.2) is 60.8 Å². The van der Waals surface area contributed by atoms with Crippen LogP contribution < -0.4 is 4.74 Å². The monoisotopic (exact) mass is 362 g/mol. The second-order valence-electron chi connectivity index (χ2n) is 7.03. The molecule has 5 heteroatoms. The van der Waals surface area contributed by atoms with Crippen molar-refractivity contribution in [1.29, 1.82) is 0 Å². The molecular formula is C22H26N4O. The number of rotatable bonds is 6. The highest BCUT2D eigenvalue weighted by Crippen LogP contribution is 2.18. The van der Waals surface area contributed by atoms with Crippen LogP contribution in [0.25, 0.3) is 11.4 Å². The van der Waals surface area contributed by atoms with Gasteiger partial charge in [0.2, 0.25) is 0 Å². The van der Waals surface area contributed by atoms with Crippen molar-refractivity contribution in [2.75, 3.05) is 33.3 Å². The van der Waals surface area contributed by atoms with Gasteiger partial charge in [0.25, 0.3) is 0 Å². The van der Waals surface area contributed by atoms with Crippen LogP contribution in [0.2, 0.25) is 0 Å². The highest BCUT2D eigenvalue weighted by molar-refractivity contribution is 5.54. The number of methoxy groups -OCH3 is 1. The quantitative estimate of drug-likeness (QED) is 0.730. The van der Waals surface area contributed by atoms with Crippen LogP contribution in [0.4, 0.5) is 0 Å². The number of hydrogen-bond acceptors (Lipinski definition) is 4. The lowest BCUT2D eigenvalue weighted by atomic mass is 10.2. The Morgan fingerprint density at radius 2 is 1.67 bits per heavy atom. The maximum Gasteiger partial charge on any atom is 0.137 e. The van der Waals surface area contributed by atoms with Crippen LogP contribution in [0.3, 0.4) is 0 Å². The first-order chi connectivity index (χ1) is 13.3. The molecule has 1 aliphatic heterocycles. The summed E-state index contributed by atoms with van der Waals surface area (Å²) in [5.41, 5.74) is 3.62. The summed E-state index contributed by atoms with van der Waals surface area (Å²) >= 11 is 0. The van der Waals surface area contributed by atoms with Gasteiger partial charge in [-0.05, 0) is 17.7 Å². The van der Waals surface area contributed by atoms with E-state index in [1.54, 1.807) is 7.11 Å². The van der Waals surface area contributed by atoms with E-state index in [4.69, 9.17) is 4.74 Å². The highest BCUT2D eigenvalue weighted by atomic mass is 16.5. The zero-order valence-corrected chi connectivity index (χ0v) is 15.8. The fourth-order valence-corrected chi connectivity index (χ4v) is 3.56. The van der Waals surface area contributed by atoms with Crippen molar-refractivity contribution in [3.8, 4) is 17.1 Å². The lowest BCUT2D eigenvalue weighted by molar-refractivity contribution is 0.121. The van der Waals surface area contributed by atoms with Gasteiger partial charge in [-0.3, -0.25) is 9.80 Å². The summed E-state index contributed by atoms with van der Waals surface area (Å²) < 4.78 is 5.33. The van der Waals surface area contributed by atoms with E-state index in [-0.39, 0.29) is 0 Å². The van der Waals surface area contributed by atoms with E-state index in [1.807, 2.05) is 30.5 Å². The molecule has 27 heavy (non-hydrogen) atoms. The van der Waals surface area contributed by atoms with Crippen LogP contribution in [0.1, 0.15) is 11.3 Å². The van der Waals surface area contributed by atoms with Crippen LogP contribution >= 0.6 is 0 Å². The van der Waals surface area contributed by atoms with Gasteiger partial charge in [0.1, 0.15) is 11.6 Å². The third kappa shape index (κ3) is 4.56. The zero-order chi connectivity index (χ0) is 18.5. The maximum atomic E-state index is 5.33. The van der Waals surface area contributed by atoms with E-state index >= 15 is 0 Å². The van der Waals surface area contributed by atoms with Crippen molar-refractivity contribution in [2.24, 2.45) is 0 Å². The van der Waals surface area contributed by atoms with Crippen molar-refractivity contribution >= 4 is 0 Å². The van der Waals surface area contributed by atoms with Gasteiger partial charge in [-0.1, -0.05) is 42.5 Å². The number of nitrogens with one attached hydrogen (secondary N) is 1. The first kappa shape index (κ1) is 17.8. The third-order valence-electron chi connectivity index (χ3n) is 5.07. The van der Waals surface area contributed by atoms with E-state index in [0.717, 1.165) is 56.4 Å². The molecule has 0 bridgehead atoms. The molecule has 1 aliphatic rings. The minimum Gasteiger partial charge on any atom is -0.497 e. The van der Waals surface area contributed by atoms with Gasteiger partial charge in [0, 0.05) is 56.7 Å². The lowest BCUT2D eigenvalue weighted by Crippen LogP contribution is -2.45. The van der Waals surface area contributed by atoms with E-state index < -0.39 is 0 Å². The number of piperazine rings is 1. The lowest BCUT2D eigenvalue weighted by Gasteiger charge is -2.34. The Morgan fingerprint density at radius 1 is 0.926 bits per heavy atom. The second-order valence-corrected chi connectivity index (χ2v) is 7.03. The van der Waals surface area contributed by atoms with Gasteiger partial charge in [-0.25, -0.2) is 4.98 Å². The molecule has 2 heterocycles. The summed E-state index contributed by atoms with van der Waals surface area (Å²) in [7, 11) is 1.72. The van der Waals surface area contributed by atoms with Crippen molar-refractivity contribution in [1.82, 2.24) is 19.8 Å². The minimum atomic E-state index is 0.923. The minimum absolute atomic E-state index is 0.923. The Hall–Kier alpha value is -2.63. The molecule has 0 saturated carbocycles. The molecule has 3 aromatic rings. The van der Waals surface area contributed by atoms with Crippen LogP contribution in [0, 0.1) is 0 Å². The number of benzene rings is 2. The molecule has 0 atom stereocenters. The molecule has 1 saturated heterocycles. The molecule has 0 spiro atoms. The summed E-state index contributed by atoms with van der Waals surface area (Å²) in [6.07, 6.45) is 1.96. The predicted molar refractivity (Wildman–Crippen MR) is 108 cm³/mol. The first-order valence-corrected chi connectivity index (χ1v) is 9.47. The highest BCUT2D eigenvalue weighted by Gasteiger charge is 2.18. The van der Waals surface area contributed by atoms with Gasteiger partial charge in [-0.2, -0.15) is 0 Å². The van der Waals surface area contributed by atoms with Crippen molar-refractivity contribution in [3.05, 3.63) is 72.1 Å². The van der Waals surface area contributed by atoms with Crippen LogP contribution in [-0.2, 0) is 13.1 Å². The van der Waals surface area contributed by atoms with E-state index in [1.165, 1.54) is 11.3 Å². The number of imidazole rings is 1. The van der Waals surface area contributed by atoms with Gasteiger partial charge in [-0.15, -0.1) is 0 Å². The van der Waals surface area contributed by atoms with Crippen molar-refractivity contribution in [3.63, 3.8) is 0 Å². The second kappa shape index (κ2) is 8.37. The van der Waals surface area contributed by atoms with Crippen molar-refractivity contribution in [2.45, 2.75) is 13.1 Å². The number of aromatic nitrogens is 2. The number of ether oxygens (including phenoxy) is 1. The summed E-state index contributed by atoms with van der Waals surface area (Å²) in [5, 5.41) is 0. The molecule has 5 nitrogen and oxygen atoms in total. The van der Waals surface area contributed by atoms with Gasteiger partial charge < -0.3 is 9.72 Å². The standard InChI is InChI=1S/C22H26N4O/c1-27-21-9-5-6-18(14-21)16-25-10-12-26(13-11-25)17-20-15-23-22(24-20)19-7-3-2-4-8-19/h2-9,14-15H,10-13,16-17H2,1H3,(H,23,24). The number of H-pyrrole nitrogens is 1. The van der Waals surface area contributed by atoms with Gasteiger partial charge in [0.05, 0.1) is 7.11 Å². The smallest absolute Gasteiger partial charge is 0.137 e. The molecule has 1 aromatic heterocycles. The number of nitrogens with zero attached hydrogens (tertiary/aromatic N) is 3. The summed E-state index contributed by atoms with van der Waals surface area (Å²) in [6, 6.07) is 18.6. The SMILES string of the molecule is COc1cccc(CN2CCN(Cc3cnc(-c4ccccc4)[nH]3)CC2)c1. The average Bonchev–Trinajstić information content (AvgIpc) is 3.19. The molecule has 0 radical (unpaired) electrons. The van der Waals surface area contributed by atoms with E-state index in [9.17, 15) is 0 Å².